The minimum absolute atomic E-state index is 0.0801. The Morgan fingerprint density at radius 1 is 1.16 bits per heavy atom. The number of hydrogen-bond donors (Lipinski definition) is 2. The van der Waals surface area contributed by atoms with E-state index in [4.69, 9.17) is 4.74 Å². The molecule has 0 aliphatic carbocycles. The molecular formula is C24H29FN3OPS. The van der Waals surface area contributed by atoms with Crippen LogP contribution in [0.2, 0.25) is 0 Å². The molecule has 7 heteroatoms. The van der Waals surface area contributed by atoms with Gasteiger partial charge in [-0.1, -0.05) is 50.8 Å². The SMILES string of the molecule is C=C(Nc1ccc(SF)nc1)c1cccc(C(P)NCc2cccc(OC)c2)c1.CC. The average molecular weight is 458 g/mol. The van der Waals surface area contributed by atoms with Crippen molar-refractivity contribution in [3.05, 3.63) is 90.1 Å². The van der Waals surface area contributed by atoms with E-state index in [-0.39, 0.29) is 17.9 Å². The molecule has 2 atom stereocenters. The second-order valence-corrected chi connectivity index (χ2v) is 7.64. The molecule has 0 amide bonds. The lowest BCUT2D eigenvalue weighted by Crippen LogP contribution is -2.16. The third-order valence-corrected chi connectivity index (χ3v) is 5.39. The van der Waals surface area contributed by atoms with Crippen LogP contribution in [-0.2, 0) is 6.54 Å². The van der Waals surface area contributed by atoms with E-state index in [1.165, 1.54) is 0 Å². The van der Waals surface area contributed by atoms with Crippen LogP contribution >= 0.6 is 21.4 Å². The Balaban J connectivity index is 0.00000166. The molecule has 164 valence electrons. The Hall–Kier alpha value is -2.40. The maximum atomic E-state index is 12.5. The molecule has 0 aliphatic heterocycles. The Morgan fingerprint density at radius 2 is 1.94 bits per heavy atom. The lowest BCUT2D eigenvalue weighted by molar-refractivity contribution is 0.414. The van der Waals surface area contributed by atoms with Gasteiger partial charge < -0.3 is 15.4 Å². The zero-order valence-corrected chi connectivity index (χ0v) is 20.0. The van der Waals surface area contributed by atoms with E-state index in [0.29, 0.717) is 5.03 Å². The van der Waals surface area contributed by atoms with Gasteiger partial charge in [-0.15, -0.1) is 9.24 Å². The Kier molecular flexibility index (Phi) is 10.5. The van der Waals surface area contributed by atoms with Crippen molar-refractivity contribution in [2.45, 2.75) is 31.2 Å². The highest BCUT2D eigenvalue weighted by Crippen LogP contribution is 2.25. The molecule has 0 fully saturated rings. The van der Waals surface area contributed by atoms with E-state index in [1.807, 2.05) is 44.2 Å². The number of pyridine rings is 1. The number of nitrogens with zero attached hydrogens (tertiary/aromatic N) is 1. The topological polar surface area (TPSA) is 46.2 Å². The minimum Gasteiger partial charge on any atom is -0.497 e. The van der Waals surface area contributed by atoms with E-state index in [2.05, 4.69) is 49.6 Å². The number of benzene rings is 2. The third kappa shape index (κ3) is 7.66. The van der Waals surface area contributed by atoms with Crippen LogP contribution in [0.5, 0.6) is 5.75 Å². The fraction of sp³-hybridized carbons (Fsp3) is 0.208. The van der Waals surface area contributed by atoms with E-state index >= 15 is 0 Å². The summed E-state index contributed by atoms with van der Waals surface area (Å²) < 4.78 is 17.8. The van der Waals surface area contributed by atoms with Crippen molar-refractivity contribution in [1.29, 1.82) is 0 Å². The van der Waals surface area contributed by atoms with Crippen LogP contribution in [-0.4, -0.2) is 12.1 Å². The summed E-state index contributed by atoms with van der Waals surface area (Å²) in [6.07, 6.45) is 1.59. The monoisotopic (exact) mass is 457 g/mol. The molecule has 2 N–H and O–H groups in total. The first-order valence-corrected chi connectivity index (χ1v) is 11.4. The number of aromatic nitrogens is 1. The summed E-state index contributed by atoms with van der Waals surface area (Å²) in [7, 11) is 4.50. The maximum absolute atomic E-state index is 12.5. The second-order valence-electron chi connectivity index (χ2n) is 6.40. The molecule has 1 aromatic heterocycles. The Morgan fingerprint density at radius 3 is 2.61 bits per heavy atom. The molecule has 0 saturated carbocycles. The molecule has 0 spiro atoms. The number of nitrogens with one attached hydrogen (secondary N) is 2. The summed E-state index contributed by atoms with van der Waals surface area (Å²) in [6, 6.07) is 19.6. The van der Waals surface area contributed by atoms with Crippen LogP contribution in [0.4, 0.5) is 9.57 Å². The normalized spacial score (nSPS) is 11.1. The number of rotatable bonds is 9. The van der Waals surface area contributed by atoms with E-state index < -0.39 is 0 Å². The van der Waals surface area contributed by atoms with E-state index in [9.17, 15) is 3.89 Å². The number of ether oxygens (including phenoxy) is 1. The molecule has 4 nitrogen and oxygen atoms in total. The molecule has 3 rings (SSSR count). The van der Waals surface area contributed by atoms with E-state index in [1.54, 1.807) is 25.4 Å². The summed E-state index contributed by atoms with van der Waals surface area (Å²) in [5.74, 6) is 0.929. The van der Waals surface area contributed by atoms with Crippen molar-refractivity contribution in [2.24, 2.45) is 0 Å². The van der Waals surface area contributed by atoms with Gasteiger partial charge in [-0.2, -0.15) is 3.89 Å². The van der Waals surface area contributed by atoms with Crippen LogP contribution in [0.3, 0.4) is 0 Å². The van der Waals surface area contributed by atoms with Crippen molar-refractivity contribution in [3.8, 4) is 5.75 Å². The molecule has 0 saturated heterocycles. The predicted molar refractivity (Wildman–Crippen MR) is 134 cm³/mol. The van der Waals surface area contributed by atoms with Gasteiger partial charge in [0.25, 0.3) is 0 Å². The number of anilines is 1. The van der Waals surface area contributed by atoms with Crippen LogP contribution in [0, 0.1) is 0 Å². The maximum Gasteiger partial charge on any atom is 0.129 e. The summed E-state index contributed by atoms with van der Waals surface area (Å²) >= 11 is 0.125. The summed E-state index contributed by atoms with van der Waals surface area (Å²) in [5, 5.41) is 7.05. The van der Waals surface area contributed by atoms with Gasteiger partial charge in [0.2, 0.25) is 0 Å². The highest BCUT2D eigenvalue weighted by atomic mass is 32.2. The molecule has 3 aromatic rings. The third-order valence-electron chi connectivity index (χ3n) is 4.37. The first-order valence-electron chi connectivity index (χ1n) is 10.0. The molecule has 1 heterocycles. The Labute approximate surface area is 191 Å². The highest BCUT2D eigenvalue weighted by molar-refractivity contribution is 7.94. The van der Waals surface area contributed by atoms with Crippen molar-refractivity contribution < 1.29 is 8.62 Å². The van der Waals surface area contributed by atoms with Gasteiger partial charge in [0.05, 0.1) is 19.0 Å². The molecule has 0 bridgehead atoms. The molecular weight excluding hydrogens is 428 g/mol. The van der Waals surface area contributed by atoms with Gasteiger partial charge in [-0.3, -0.25) is 0 Å². The van der Waals surface area contributed by atoms with Crippen LogP contribution < -0.4 is 15.4 Å². The lowest BCUT2D eigenvalue weighted by Gasteiger charge is -2.17. The van der Waals surface area contributed by atoms with E-state index in [0.717, 1.165) is 40.4 Å². The average Bonchev–Trinajstić information content (AvgIpc) is 2.84. The van der Waals surface area contributed by atoms with Gasteiger partial charge in [-0.05, 0) is 47.0 Å². The lowest BCUT2D eigenvalue weighted by atomic mass is 10.1. The largest absolute Gasteiger partial charge is 0.497 e. The van der Waals surface area contributed by atoms with Gasteiger partial charge >= 0.3 is 0 Å². The van der Waals surface area contributed by atoms with Gasteiger partial charge in [0.15, 0.2) is 0 Å². The first kappa shape index (κ1) is 24.9. The highest BCUT2D eigenvalue weighted by Gasteiger charge is 2.08. The van der Waals surface area contributed by atoms with Crippen molar-refractivity contribution >= 4 is 32.8 Å². The minimum atomic E-state index is 0.0801. The Bertz CT molecular complexity index is 969. The molecule has 0 radical (unpaired) electrons. The number of hydrogen-bond acceptors (Lipinski definition) is 5. The number of halogens is 1. The summed E-state index contributed by atoms with van der Waals surface area (Å²) in [4.78, 5) is 4.02. The molecule has 0 aliphatic rings. The van der Waals surface area contributed by atoms with Crippen LogP contribution in [0.25, 0.3) is 5.70 Å². The standard InChI is InChI=1S/C22H23FN3OPS.C2H6/c1-15(26-19-9-10-21(29-23)24-14-19)17-6-4-7-18(12-17)22(28)25-13-16-5-3-8-20(11-16)27-2;1-2/h3-12,14,22,25-26H,1,13,28H2,2H3;1-2H3. The van der Waals surface area contributed by atoms with Gasteiger partial charge in [0, 0.05) is 18.0 Å². The number of methoxy groups -OCH3 is 1. The molecule has 2 unspecified atom stereocenters. The van der Waals surface area contributed by atoms with Gasteiger partial charge in [-0.25, -0.2) is 4.98 Å². The zero-order chi connectivity index (χ0) is 22.6. The quantitative estimate of drug-likeness (QED) is 0.345. The van der Waals surface area contributed by atoms with Crippen molar-refractivity contribution in [1.82, 2.24) is 10.3 Å². The van der Waals surface area contributed by atoms with Crippen molar-refractivity contribution in [3.63, 3.8) is 0 Å². The fourth-order valence-corrected chi connectivity index (χ4v) is 3.33. The zero-order valence-electron chi connectivity index (χ0n) is 18.1. The smallest absolute Gasteiger partial charge is 0.129 e. The molecule has 31 heavy (non-hydrogen) atoms. The fourth-order valence-electron chi connectivity index (χ4n) is 2.79. The van der Waals surface area contributed by atoms with Crippen LogP contribution in [0.1, 0.15) is 36.3 Å². The van der Waals surface area contributed by atoms with Crippen LogP contribution in [0.15, 0.2) is 78.5 Å². The van der Waals surface area contributed by atoms with Gasteiger partial charge in [0.1, 0.15) is 22.9 Å². The summed E-state index contributed by atoms with van der Waals surface area (Å²) in [6.45, 7) is 8.84. The van der Waals surface area contributed by atoms with Crippen molar-refractivity contribution in [2.75, 3.05) is 12.4 Å². The predicted octanol–water partition coefficient (Wildman–Crippen LogP) is 6.84. The first-order chi connectivity index (χ1) is 15.1. The summed E-state index contributed by atoms with van der Waals surface area (Å²) in [5.41, 5.74) is 4.76. The second kappa shape index (κ2) is 13.1. The molecule has 2 aromatic carbocycles.